The van der Waals surface area contributed by atoms with E-state index in [-0.39, 0.29) is 5.56 Å². The summed E-state index contributed by atoms with van der Waals surface area (Å²) in [4.78, 5) is 30.8. The Bertz CT molecular complexity index is 1640. The predicted molar refractivity (Wildman–Crippen MR) is 169 cm³/mol. The predicted octanol–water partition coefficient (Wildman–Crippen LogP) is 4.90. The molecule has 3 aromatic heterocycles. The van der Waals surface area contributed by atoms with E-state index < -0.39 is 0 Å². The SMILES string of the molecule is Cc1nc(C2CCN(C)C2)ccc1-c1cc2cnc(Nc3ccc(NC4CCNCC4)cc3)nc2n(CC2CC2)c1=O. The Hall–Kier alpha value is -3.82. The summed E-state index contributed by atoms with van der Waals surface area (Å²) in [5.41, 5.74) is 6.27. The first-order chi connectivity index (χ1) is 20.5. The second-order valence-electron chi connectivity index (χ2n) is 12.4. The Kier molecular flexibility index (Phi) is 7.38. The summed E-state index contributed by atoms with van der Waals surface area (Å²) in [6.07, 6.45) is 7.52. The quantitative estimate of drug-likeness (QED) is 0.278. The molecule has 0 amide bonds. The van der Waals surface area contributed by atoms with Gasteiger partial charge in [-0.15, -0.1) is 0 Å². The Labute approximate surface area is 246 Å². The second-order valence-corrected chi connectivity index (χ2v) is 12.4. The van der Waals surface area contributed by atoms with E-state index in [1.165, 1.54) is 0 Å². The standard InChI is InChI=1S/C33H40N8O/c1-21-28(9-10-30(36-21)23-13-16-40(2)20-23)29-17-24-18-35-33(39-31(24)41(32(29)42)19-22-3-4-22)38-26-7-5-25(6-8-26)37-27-11-14-34-15-12-27/h5-10,17-18,22-23,27,34,37H,3-4,11-16,19-20H2,1-2H3,(H,35,38,39). The summed E-state index contributed by atoms with van der Waals surface area (Å²) in [6, 6.07) is 14.9. The lowest BCUT2D eigenvalue weighted by molar-refractivity contribution is 0.410. The van der Waals surface area contributed by atoms with Crippen molar-refractivity contribution in [3.05, 3.63) is 70.4 Å². The normalized spacial score (nSPS) is 19.8. The topological polar surface area (TPSA) is 100 Å². The number of pyridine rings is 2. The number of hydrogen-bond acceptors (Lipinski definition) is 8. The molecule has 3 aliphatic rings. The van der Waals surface area contributed by atoms with Gasteiger partial charge in [-0.05, 0) is 108 Å². The minimum Gasteiger partial charge on any atom is -0.382 e. The zero-order chi connectivity index (χ0) is 28.6. The maximum atomic E-state index is 14.0. The molecule has 9 heteroatoms. The van der Waals surface area contributed by atoms with Gasteiger partial charge in [-0.25, -0.2) is 4.98 Å². The van der Waals surface area contributed by atoms with Gasteiger partial charge in [-0.1, -0.05) is 6.07 Å². The molecule has 1 saturated carbocycles. The van der Waals surface area contributed by atoms with Crippen molar-refractivity contribution in [3.63, 3.8) is 0 Å². The minimum atomic E-state index is -0.00867. The van der Waals surface area contributed by atoms with Gasteiger partial charge >= 0.3 is 0 Å². The van der Waals surface area contributed by atoms with Crippen molar-refractivity contribution < 1.29 is 0 Å². The molecule has 2 aliphatic heterocycles. The van der Waals surface area contributed by atoms with Crippen LogP contribution in [0.4, 0.5) is 17.3 Å². The molecule has 2 saturated heterocycles. The number of benzene rings is 1. The fourth-order valence-corrected chi connectivity index (χ4v) is 6.39. The van der Waals surface area contributed by atoms with Crippen molar-refractivity contribution in [1.82, 2.24) is 29.7 Å². The summed E-state index contributed by atoms with van der Waals surface area (Å²) in [5.74, 6) is 1.46. The molecular weight excluding hydrogens is 524 g/mol. The van der Waals surface area contributed by atoms with Crippen molar-refractivity contribution in [2.75, 3.05) is 43.9 Å². The Morgan fingerprint density at radius 2 is 1.74 bits per heavy atom. The van der Waals surface area contributed by atoms with Gasteiger partial charge in [0, 0.05) is 70.5 Å². The molecule has 1 aliphatic carbocycles. The van der Waals surface area contributed by atoms with E-state index in [1.54, 1.807) is 0 Å². The summed E-state index contributed by atoms with van der Waals surface area (Å²) >= 11 is 0. The molecular formula is C33H40N8O. The largest absolute Gasteiger partial charge is 0.382 e. The van der Waals surface area contributed by atoms with Gasteiger partial charge in [0.25, 0.3) is 5.56 Å². The fraction of sp³-hybridized carbons (Fsp3) is 0.455. The molecule has 1 unspecified atom stereocenters. The van der Waals surface area contributed by atoms with Gasteiger partial charge in [-0.2, -0.15) is 4.98 Å². The highest BCUT2D eigenvalue weighted by atomic mass is 16.1. The number of rotatable bonds is 8. The van der Waals surface area contributed by atoms with Crippen LogP contribution in [0.3, 0.4) is 0 Å². The van der Waals surface area contributed by atoms with Crippen LogP contribution in [0.15, 0.2) is 53.5 Å². The molecule has 3 fully saturated rings. The number of hydrogen-bond donors (Lipinski definition) is 3. The van der Waals surface area contributed by atoms with Crippen molar-refractivity contribution >= 4 is 28.4 Å². The Balaban J connectivity index is 1.17. The molecule has 42 heavy (non-hydrogen) atoms. The zero-order valence-electron chi connectivity index (χ0n) is 24.6. The number of likely N-dealkylation sites (tertiary alicyclic amines) is 1. The number of fused-ring (bicyclic) bond motifs is 1. The molecule has 218 valence electrons. The van der Waals surface area contributed by atoms with E-state index >= 15 is 0 Å². The van der Waals surface area contributed by atoms with Crippen LogP contribution in [0.2, 0.25) is 0 Å². The van der Waals surface area contributed by atoms with Gasteiger partial charge in [0.05, 0.1) is 0 Å². The number of aromatic nitrogens is 4. The van der Waals surface area contributed by atoms with Crippen molar-refractivity contribution in [1.29, 1.82) is 0 Å². The Morgan fingerprint density at radius 3 is 2.45 bits per heavy atom. The fourth-order valence-electron chi connectivity index (χ4n) is 6.39. The third-order valence-electron chi connectivity index (χ3n) is 9.02. The lowest BCUT2D eigenvalue weighted by atomic mass is 9.99. The number of nitrogens with one attached hydrogen (secondary N) is 3. The third kappa shape index (κ3) is 5.76. The molecule has 1 aromatic carbocycles. The van der Waals surface area contributed by atoms with Crippen LogP contribution >= 0.6 is 0 Å². The summed E-state index contributed by atoms with van der Waals surface area (Å²) in [5, 5.41) is 11.2. The number of nitrogens with zero attached hydrogens (tertiary/aromatic N) is 5. The highest BCUT2D eigenvalue weighted by Crippen LogP contribution is 2.33. The average molecular weight is 565 g/mol. The first-order valence-corrected chi connectivity index (χ1v) is 15.4. The summed E-state index contributed by atoms with van der Waals surface area (Å²) in [7, 11) is 2.16. The number of anilines is 3. The van der Waals surface area contributed by atoms with Crippen LogP contribution in [0.5, 0.6) is 0 Å². The van der Waals surface area contributed by atoms with Gasteiger partial charge in [0.1, 0.15) is 5.65 Å². The van der Waals surface area contributed by atoms with Crippen LogP contribution in [-0.2, 0) is 6.54 Å². The van der Waals surface area contributed by atoms with Crippen LogP contribution in [0.1, 0.15) is 49.4 Å². The molecule has 3 N–H and O–H groups in total. The zero-order valence-corrected chi connectivity index (χ0v) is 24.6. The molecule has 1 atom stereocenters. The lowest BCUT2D eigenvalue weighted by Crippen LogP contribution is -2.35. The first kappa shape index (κ1) is 27.0. The maximum absolute atomic E-state index is 14.0. The molecule has 0 bridgehead atoms. The second kappa shape index (κ2) is 11.5. The Morgan fingerprint density at radius 1 is 0.952 bits per heavy atom. The summed E-state index contributed by atoms with van der Waals surface area (Å²) < 4.78 is 1.86. The molecule has 4 aromatic rings. The lowest BCUT2D eigenvalue weighted by Gasteiger charge is -2.24. The van der Waals surface area contributed by atoms with Crippen LogP contribution in [-0.4, -0.2) is 63.7 Å². The van der Waals surface area contributed by atoms with Crippen LogP contribution < -0.4 is 21.5 Å². The van der Waals surface area contributed by atoms with Crippen molar-refractivity contribution in [3.8, 4) is 11.1 Å². The van der Waals surface area contributed by atoms with Crippen LogP contribution in [0, 0.1) is 12.8 Å². The molecule has 7 rings (SSSR count). The monoisotopic (exact) mass is 564 g/mol. The maximum Gasteiger partial charge on any atom is 0.260 e. The minimum absolute atomic E-state index is 0.00867. The first-order valence-electron chi connectivity index (χ1n) is 15.4. The van der Waals surface area contributed by atoms with Crippen molar-refractivity contribution in [2.24, 2.45) is 5.92 Å². The van der Waals surface area contributed by atoms with E-state index in [0.717, 1.165) is 92.0 Å². The number of likely N-dealkylation sites (N-methyl/N-ethyl adjacent to an activating group) is 1. The van der Waals surface area contributed by atoms with Gasteiger partial charge in [-0.3, -0.25) is 14.3 Å². The van der Waals surface area contributed by atoms with Gasteiger partial charge in [0.2, 0.25) is 5.95 Å². The molecule has 5 heterocycles. The van der Waals surface area contributed by atoms with E-state index in [1.807, 2.05) is 35.9 Å². The molecule has 0 spiro atoms. The highest BCUT2D eigenvalue weighted by molar-refractivity contribution is 5.82. The van der Waals surface area contributed by atoms with E-state index in [2.05, 4.69) is 57.1 Å². The highest BCUT2D eigenvalue weighted by Gasteiger charge is 2.26. The smallest absolute Gasteiger partial charge is 0.260 e. The summed E-state index contributed by atoms with van der Waals surface area (Å²) in [6.45, 7) is 6.94. The van der Waals surface area contributed by atoms with Crippen molar-refractivity contribution in [2.45, 2.75) is 57.5 Å². The third-order valence-corrected chi connectivity index (χ3v) is 9.02. The van der Waals surface area contributed by atoms with E-state index in [4.69, 9.17) is 9.97 Å². The van der Waals surface area contributed by atoms with E-state index in [0.29, 0.717) is 41.6 Å². The van der Waals surface area contributed by atoms with Gasteiger partial charge < -0.3 is 20.9 Å². The van der Waals surface area contributed by atoms with E-state index in [9.17, 15) is 4.79 Å². The van der Waals surface area contributed by atoms with Crippen LogP contribution in [0.25, 0.3) is 22.2 Å². The average Bonchev–Trinajstić information content (AvgIpc) is 3.72. The number of aryl methyl sites for hydroxylation is 1. The van der Waals surface area contributed by atoms with Gasteiger partial charge in [0.15, 0.2) is 0 Å². The molecule has 9 nitrogen and oxygen atoms in total. The number of piperidine rings is 1. The molecule has 0 radical (unpaired) electrons.